The lowest BCUT2D eigenvalue weighted by Gasteiger charge is -2.26. The van der Waals surface area contributed by atoms with E-state index < -0.39 is 0 Å². The molecule has 1 aromatic heterocycles. The molecule has 4 heteroatoms. The highest BCUT2D eigenvalue weighted by molar-refractivity contribution is 5.47. The van der Waals surface area contributed by atoms with Crippen molar-refractivity contribution in [1.29, 1.82) is 0 Å². The Bertz CT molecular complexity index is 420. The zero-order chi connectivity index (χ0) is 13.1. The standard InChI is InChI=1S/C15H24N4/c1-2-16-14-7-3-8-15(17-14)19-11-5-10-18-9-4-6-13(18)12-19/h3,7-8,13H,2,4-6,9-12H2,1H3,(H,16,17). The van der Waals surface area contributed by atoms with E-state index in [1.54, 1.807) is 0 Å². The van der Waals surface area contributed by atoms with Gasteiger partial charge in [0.05, 0.1) is 0 Å². The summed E-state index contributed by atoms with van der Waals surface area (Å²) in [5, 5.41) is 3.30. The van der Waals surface area contributed by atoms with Gasteiger partial charge in [0.15, 0.2) is 0 Å². The van der Waals surface area contributed by atoms with Gasteiger partial charge in [0.2, 0.25) is 0 Å². The van der Waals surface area contributed by atoms with Gasteiger partial charge >= 0.3 is 0 Å². The first-order valence-electron chi connectivity index (χ1n) is 7.57. The first-order chi connectivity index (χ1) is 9.36. The molecule has 104 valence electrons. The molecule has 3 heterocycles. The molecule has 0 aliphatic carbocycles. The number of pyridine rings is 1. The van der Waals surface area contributed by atoms with Gasteiger partial charge in [-0.15, -0.1) is 0 Å². The van der Waals surface area contributed by atoms with Crippen molar-refractivity contribution in [3.63, 3.8) is 0 Å². The summed E-state index contributed by atoms with van der Waals surface area (Å²) in [5.41, 5.74) is 0. The molecule has 19 heavy (non-hydrogen) atoms. The van der Waals surface area contributed by atoms with Crippen molar-refractivity contribution < 1.29 is 0 Å². The third kappa shape index (κ3) is 2.84. The average Bonchev–Trinajstić information content (AvgIpc) is 2.77. The number of nitrogens with zero attached hydrogens (tertiary/aromatic N) is 3. The van der Waals surface area contributed by atoms with Crippen molar-refractivity contribution in [3.8, 4) is 0 Å². The third-order valence-corrected chi connectivity index (χ3v) is 4.22. The minimum Gasteiger partial charge on any atom is -0.370 e. The molecular weight excluding hydrogens is 236 g/mol. The van der Waals surface area contributed by atoms with E-state index in [0.29, 0.717) is 0 Å². The van der Waals surface area contributed by atoms with E-state index in [-0.39, 0.29) is 0 Å². The highest BCUT2D eigenvalue weighted by Crippen LogP contribution is 2.24. The van der Waals surface area contributed by atoms with Crippen molar-refractivity contribution in [2.24, 2.45) is 0 Å². The van der Waals surface area contributed by atoms with Crippen molar-refractivity contribution in [2.45, 2.75) is 32.2 Å². The molecule has 1 atom stereocenters. The second kappa shape index (κ2) is 5.78. The predicted molar refractivity (Wildman–Crippen MR) is 79.8 cm³/mol. The second-order valence-electron chi connectivity index (χ2n) is 5.54. The Kier molecular flexibility index (Phi) is 3.87. The Morgan fingerprint density at radius 1 is 1.26 bits per heavy atom. The fourth-order valence-electron chi connectivity index (χ4n) is 3.29. The molecule has 0 amide bonds. The summed E-state index contributed by atoms with van der Waals surface area (Å²) >= 11 is 0. The Labute approximate surface area is 115 Å². The molecule has 0 aromatic carbocycles. The van der Waals surface area contributed by atoms with Crippen LogP contribution in [-0.2, 0) is 0 Å². The van der Waals surface area contributed by atoms with Gasteiger partial charge in [0, 0.05) is 32.2 Å². The van der Waals surface area contributed by atoms with Gasteiger partial charge in [0.25, 0.3) is 0 Å². The number of hydrogen-bond acceptors (Lipinski definition) is 4. The van der Waals surface area contributed by atoms with Crippen LogP contribution in [0.1, 0.15) is 26.2 Å². The molecule has 2 saturated heterocycles. The zero-order valence-electron chi connectivity index (χ0n) is 11.8. The third-order valence-electron chi connectivity index (χ3n) is 4.22. The maximum absolute atomic E-state index is 4.74. The van der Waals surface area contributed by atoms with Crippen LogP contribution in [0.3, 0.4) is 0 Å². The van der Waals surface area contributed by atoms with Gasteiger partial charge in [-0.1, -0.05) is 6.07 Å². The molecule has 1 unspecified atom stereocenters. The van der Waals surface area contributed by atoms with Crippen LogP contribution < -0.4 is 10.2 Å². The van der Waals surface area contributed by atoms with E-state index in [1.807, 2.05) is 6.07 Å². The molecule has 0 spiro atoms. The lowest BCUT2D eigenvalue weighted by atomic mass is 10.2. The van der Waals surface area contributed by atoms with Crippen LogP contribution in [0.4, 0.5) is 11.6 Å². The lowest BCUT2D eigenvalue weighted by Crippen LogP contribution is -2.37. The van der Waals surface area contributed by atoms with Gasteiger partial charge < -0.3 is 10.2 Å². The topological polar surface area (TPSA) is 31.4 Å². The predicted octanol–water partition coefficient (Wildman–Crippen LogP) is 2.19. The molecule has 4 nitrogen and oxygen atoms in total. The molecule has 0 radical (unpaired) electrons. The molecule has 0 saturated carbocycles. The zero-order valence-corrected chi connectivity index (χ0v) is 11.8. The van der Waals surface area contributed by atoms with Crippen LogP contribution >= 0.6 is 0 Å². The minimum atomic E-state index is 0.743. The van der Waals surface area contributed by atoms with E-state index >= 15 is 0 Å². The normalized spacial score (nSPS) is 24.1. The number of anilines is 2. The number of rotatable bonds is 3. The van der Waals surface area contributed by atoms with Gasteiger partial charge in [-0.25, -0.2) is 4.98 Å². The number of aromatic nitrogens is 1. The van der Waals surface area contributed by atoms with Crippen LogP contribution in [0.2, 0.25) is 0 Å². The van der Waals surface area contributed by atoms with Crippen molar-refractivity contribution in [3.05, 3.63) is 18.2 Å². The summed E-state index contributed by atoms with van der Waals surface area (Å²) in [5.74, 6) is 2.12. The highest BCUT2D eigenvalue weighted by Gasteiger charge is 2.29. The van der Waals surface area contributed by atoms with E-state index in [2.05, 4.69) is 34.2 Å². The molecule has 3 rings (SSSR count). The first-order valence-corrected chi connectivity index (χ1v) is 7.57. The average molecular weight is 260 g/mol. The van der Waals surface area contributed by atoms with E-state index in [0.717, 1.165) is 37.3 Å². The Balaban J connectivity index is 1.75. The Morgan fingerprint density at radius 2 is 2.16 bits per heavy atom. The van der Waals surface area contributed by atoms with Gasteiger partial charge in [0.1, 0.15) is 11.6 Å². The maximum atomic E-state index is 4.74. The molecule has 2 aliphatic heterocycles. The highest BCUT2D eigenvalue weighted by atomic mass is 15.3. The number of fused-ring (bicyclic) bond motifs is 1. The minimum absolute atomic E-state index is 0.743. The van der Waals surface area contributed by atoms with Crippen molar-refractivity contribution in [2.75, 3.05) is 42.9 Å². The van der Waals surface area contributed by atoms with Crippen molar-refractivity contribution in [1.82, 2.24) is 9.88 Å². The molecule has 1 N–H and O–H groups in total. The summed E-state index contributed by atoms with van der Waals surface area (Å²) in [6.07, 6.45) is 3.97. The van der Waals surface area contributed by atoms with Crippen LogP contribution in [-0.4, -0.2) is 48.6 Å². The van der Waals surface area contributed by atoms with E-state index in [9.17, 15) is 0 Å². The fourth-order valence-corrected chi connectivity index (χ4v) is 3.29. The number of nitrogens with one attached hydrogen (secondary N) is 1. The van der Waals surface area contributed by atoms with Crippen LogP contribution in [0, 0.1) is 0 Å². The Morgan fingerprint density at radius 3 is 3.05 bits per heavy atom. The van der Waals surface area contributed by atoms with Gasteiger partial charge in [-0.3, -0.25) is 4.90 Å². The van der Waals surface area contributed by atoms with E-state index in [1.165, 1.54) is 32.4 Å². The van der Waals surface area contributed by atoms with Crippen molar-refractivity contribution >= 4 is 11.6 Å². The van der Waals surface area contributed by atoms with Crippen LogP contribution in [0.5, 0.6) is 0 Å². The van der Waals surface area contributed by atoms with Crippen LogP contribution in [0.15, 0.2) is 18.2 Å². The molecule has 0 bridgehead atoms. The number of hydrogen-bond donors (Lipinski definition) is 1. The first kappa shape index (κ1) is 12.7. The summed E-state index contributed by atoms with van der Waals surface area (Å²) in [7, 11) is 0. The summed E-state index contributed by atoms with van der Waals surface area (Å²) in [6.45, 7) is 7.86. The lowest BCUT2D eigenvalue weighted by molar-refractivity contribution is 0.273. The van der Waals surface area contributed by atoms with E-state index in [4.69, 9.17) is 4.98 Å². The quantitative estimate of drug-likeness (QED) is 0.902. The smallest absolute Gasteiger partial charge is 0.131 e. The summed E-state index contributed by atoms with van der Waals surface area (Å²) < 4.78 is 0. The Hall–Kier alpha value is -1.29. The van der Waals surface area contributed by atoms with Gasteiger partial charge in [-0.2, -0.15) is 0 Å². The molecule has 1 aromatic rings. The van der Waals surface area contributed by atoms with Gasteiger partial charge in [-0.05, 0) is 44.9 Å². The molecule has 2 fully saturated rings. The fraction of sp³-hybridized carbons (Fsp3) is 0.667. The molecule has 2 aliphatic rings. The SMILES string of the molecule is CCNc1cccc(N2CCCN3CCCC3C2)n1. The monoisotopic (exact) mass is 260 g/mol. The maximum Gasteiger partial charge on any atom is 0.131 e. The van der Waals surface area contributed by atoms with Crippen LogP contribution in [0.25, 0.3) is 0 Å². The largest absolute Gasteiger partial charge is 0.370 e. The summed E-state index contributed by atoms with van der Waals surface area (Å²) in [4.78, 5) is 9.87. The second-order valence-corrected chi connectivity index (χ2v) is 5.54. The summed E-state index contributed by atoms with van der Waals surface area (Å²) in [6, 6.07) is 7.04. The molecular formula is C15H24N4.